The lowest BCUT2D eigenvalue weighted by Crippen LogP contribution is -2.44. The van der Waals surface area contributed by atoms with Gasteiger partial charge in [0.1, 0.15) is 11.3 Å². The zero-order valence-electron chi connectivity index (χ0n) is 15.1. The Hall–Kier alpha value is -2.15. The Morgan fingerprint density at radius 1 is 1.38 bits per heavy atom. The Kier molecular flexibility index (Phi) is 4.84. The lowest BCUT2D eigenvalue weighted by molar-refractivity contribution is 0.0688. The van der Waals surface area contributed by atoms with Crippen LogP contribution in [-0.2, 0) is 0 Å². The first kappa shape index (κ1) is 18.2. The molecule has 0 amide bonds. The molecule has 0 radical (unpaired) electrons. The Balaban J connectivity index is 2.74. The molecular formula is C17H25N3O3Si. The highest BCUT2D eigenvalue weighted by Crippen LogP contribution is 2.40. The first-order valence-corrected chi connectivity index (χ1v) is 10.9. The number of carboxylic acids is 1. The van der Waals surface area contributed by atoms with E-state index >= 15 is 0 Å². The van der Waals surface area contributed by atoms with E-state index < -0.39 is 14.3 Å². The van der Waals surface area contributed by atoms with Gasteiger partial charge in [-0.1, -0.05) is 20.8 Å². The van der Waals surface area contributed by atoms with Crippen molar-refractivity contribution in [1.29, 1.82) is 0 Å². The molecule has 7 heteroatoms. The van der Waals surface area contributed by atoms with Crippen LogP contribution in [0.1, 0.15) is 38.2 Å². The topological polar surface area (TPSA) is 84.3 Å². The molecule has 0 atom stereocenters. The number of anilines is 1. The molecule has 0 spiro atoms. The van der Waals surface area contributed by atoms with Gasteiger partial charge in [-0.3, -0.25) is 4.98 Å². The molecule has 0 fully saturated rings. The maximum absolute atomic E-state index is 11.8. The summed E-state index contributed by atoms with van der Waals surface area (Å²) in [5.41, 5.74) is 0.438. The molecule has 2 rings (SSSR count). The maximum Gasteiger partial charge on any atom is 0.358 e. The van der Waals surface area contributed by atoms with Crippen LogP contribution in [0.15, 0.2) is 18.3 Å². The van der Waals surface area contributed by atoms with Crippen molar-refractivity contribution < 1.29 is 14.3 Å². The van der Waals surface area contributed by atoms with E-state index in [4.69, 9.17) is 4.43 Å². The van der Waals surface area contributed by atoms with Gasteiger partial charge in [0.05, 0.1) is 0 Å². The van der Waals surface area contributed by atoms with E-state index in [1.165, 1.54) is 0 Å². The molecular weight excluding hydrogens is 322 g/mol. The second-order valence-electron chi connectivity index (χ2n) is 7.24. The normalized spacial score (nSPS) is 12.2. The molecule has 24 heavy (non-hydrogen) atoms. The Morgan fingerprint density at radius 2 is 2.04 bits per heavy atom. The van der Waals surface area contributed by atoms with Gasteiger partial charge in [0.2, 0.25) is 0 Å². The number of rotatable bonds is 5. The lowest BCUT2D eigenvalue weighted by atomic mass is 10.2. The summed E-state index contributed by atoms with van der Waals surface area (Å²) in [5.74, 6) is -0.331. The van der Waals surface area contributed by atoms with Crippen molar-refractivity contribution in [3.05, 3.63) is 24.0 Å². The molecule has 0 aromatic carbocycles. The van der Waals surface area contributed by atoms with Gasteiger partial charge in [-0.25, -0.2) is 9.78 Å². The third-order valence-corrected chi connectivity index (χ3v) is 8.75. The molecule has 2 N–H and O–H groups in total. The molecule has 0 saturated carbocycles. The second-order valence-corrected chi connectivity index (χ2v) is 12.0. The van der Waals surface area contributed by atoms with E-state index in [2.05, 4.69) is 49.1 Å². The first-order valence-electron chi connectivity index (χ1n) is 8.03. The van der Waals surface area contributed by atoms with Crippen LogP contribution in [0.4, 0.5) is 5.82 Å². The van der Waals surface area contributed by atoms with Crippen molar-refractivity contribution >= 4 is 31.0 Å². The number of aromatic carboxylic acids is 1. The Labute approximate surface area is 143 Å². The number of aromatic nitrogens is 2. The van der Waals surface area contributed by atoms with Gasteiger partial charge in [-0.2, -0.15) is 0 Å². The first-order chi connectivity index (χ1) is 11.1. The van der Waals surface area contributed by atoms with Crippen LogP contribution in [0, 0.1) is 0 Å². The summed E-state index contributed by atoms with van der Waals surface area (Å²) < 4.78 is 6.31. The van der Waals surface area contributed by atoms with Crippen molar-refractivity contribution in [3.63, 3.8) is 0 Å². The number of hydrogen-bond acceptors (Lipinski definition) is 5. The zero-order valence-corrected chi connectivity index (χ0v) is 16.1. The van der Waals surface area contributed by atoms with Crippen LogP contribution >= 0.6 is 0 Å². The van der Waals surface area contributed by atoms with Crippen LogP contribution in [-0.4, -0.2) is 35.9 Å². The molecule has 2 heterocycles. The zero-order chi connectivity index (χ0) is 18.1. The van der Waals surface area contributed by atoms with E-state index in [-0.39, 0.29) is 16.5 Å². The summed E-state index contributed by atoms with van der Waals surface area (Å²) in [6.45, 7) is 13.0. The smallest absolute Gasteiger partial charge is 0.358 e. The van der Waals surface area contributed by atoms with Gasteiger partial charge in [-0.15, -0.1) is 0 Å². The number of carbonyl (C=O) groups is 1. The molecule has 0 saturated heterocycles. The minimum atomic E-state index is -2.24. The van der Waals surface area contributed by atoms with Gasteiger partial charge in [0.15, 0.2) is 11.4 Å². The van der Waals surface area contributed by atoms with Crippen molar-refractivity contribution in [3.8, 4) is 5.75 Å². The Bertz CT molecular complexity index is 770. The highest BCUT2D eigenvalue weighted by atomic mass is 28.4. The third-order valence-electron chi connectivity index (χ3n) is 4.43. The van der Waals surface area contributed by atoms with Crippen LogP contribution in [0.25, 0.3) is 10.9 Å². The van der Waals surface area contributed by atoms with Crippen molar-refractivity contribution in [2.75, 3.05) is 11.9 Å². The predicted octanol–water partition coefficient (Wildman–Crippen LogP) is 4.14. The summed E-state index contributed by atoms with van der Waals surface area (Å²) in [4.78, 5) is 20.5. The van der Waals surface area contributed by atoms with E-state index in [0.29, 0.717) is 17.9 Å². The van der Waals surface area contributed by atoms with Gasteiger partial charge >= 0.3 is 5.97 Å². The van der Waals surface area contributed by atoms with Crippen LogP contribution < -0.4 is 9.74 Å². The third kappa shape index (κ3) is 3.35. The summed E-state index contributed by atoms with van der Waals surface area (Å²) in [6, 6.07) is 3.68. The van der Waals surface area contributed by atoms with Gasteiger partial charge < -0.3 is 14.8 Å². The average molecular weight is 347 g/mol. The molecule has 0 aliphatic carbocycles. The van der Waals surface area contributed by atoms with E-state index in [0.717, 1.165) is 5.39 Å². The molecule has 0 unspecified atom stereocenters. The van der Waals surface area contributed by atoms with E-state index in [1.807, 2.05) is 13.0 Å². The molecule has 0 aliphatic heterocycles. The van der Waals surface area contributed by atoms with Gasteiger partial charge in [0, 0.05) is 18.1 Å². The van der Waals surface area contributed by atoms with E-state index in [1.54, 1.807) is 12.3 Å². The second kappa shape index (κ2) is 6.39. The highest BCUT2D eigenvalue weighted by molar-refractivity contribution is 6.74. The van der Waals surface area contributed by atoms with Crippen LogP contribution in [0.2, 0.25) is 18.1 Å². The fourth-order valence-corrected chi connectivity index (χ4v) is 3.07. The number of nitrogens with zero attached hydrogens (tertiary/aromatic N) is 2. The number of hydrogen-bond donors (Lipinski definition) is 2. The predicted molar refractivity (Wildman–Crippen MR) is 98.5 cm³/mol. The summed E-state index contributed by atoms with van der Waals surface area (Å²) in [5, 5.41) is 13.4. The highest BCUT2D eigenvalue weighted by Gasteiger charge is 2.40. The van der Waals surface area contributed by atoms with Crippen LogP contribution in [0.3, 0.4) is 0 Å². The quantitative estimate of drug-likeness (QED) is 0.791. The van der Waals surface area contributed by atoms with Crippen molar-refractivity contribution in [2.45, 2.75) is 45.8 Å². The van der Waals surface area contributed by atoms with Crippen molar-refractivity contribution in [1.82, 2.24) is 9.97 Å². The van der Waals surface area contributed by atoms with Gasteiger partial charge in [-0.05, 0) is 37.2 Å². The molecule has 130 valence electrons. The molecule has 2 aromatic heterocycles. The van der Waals surface area contributed by atoms with E-state index in [9.17, 15) is 9.90 Å². The number of nitrogens with one attached hydrogen (secondary N) is 1. The fourth-order valence-electron chi connectivity index (χ4n) is 2.06. The van der Waals surface area contributed by atoms with Gasteiger partial charge in [0.25, 0.3) is 8.32 Å². The summed E-state index contributed by atoms with van der Waals surface area (Å²) in [7, 11) is -2.24. The maximum atomic E-state index is 11.8. The molecule has 0 aliphatic rings. The van der Waals surface area contributed by atoms with Crippen LogP contribution in [0.5, 0.6) is 5.75 Å². The Morgan fingerprint density at radius 3 is 2.58 bits per heavy atom. The van der Waals surface area contributed by atoms with Crippen molar-refractivity contribution in [2.24, 2.45) is 0 Å². The minimum Gasteiger partial charge on any atom is -0.540 e. The average Bonchev–Trinajstić information content (AvgIpc) is 2.48. The lowest BCUT2D eigenvalue weighted by Gasteiger charge is -2.36. The summed E-state index contributed by atoms with van der Waals surface area (Å²) in [6.07, 6.45) is 1.64. The SMILES string of the molecule is CCNc1nc(C(=O)O)c(O[Si](C)(C)C(C)(C)C)c2ncccc12. The molecule has 0 bridgehead atoms. The number of carboxylic acid groups (broad SMARTS) is 1. The fraction of sp³-hybridized carbons (Fsp3) is 0.471. The number of pyridine rings is 2. The standard InChI is InChI=1S/C17H25N3O3Si/c1-7-18-15-11-9-8-10-19-12(11)14(13(20-15)16(21)22)23-24(5,6)17(2,3)4/h8-10H,7H2,1-6H3,(H,18,20)(H,21,22). The monoisotopic (exact) mass is 347 g/mol. The molecule has 2 aromatic rings. The number of fused-ring (bicyclic) bond motifs is 1. The minimum absolute atomic E-state index is 0.0653. The molecule has 6 nitrogen and oxygen atoms in total. The summed E-state index contributed by atoms with van der Waals surface area (Å²) >= 11 is 0. The largest absolute Gasteiger partial charge is 0.540 e.